The van der Waals surface area contributed by atoms with Crippen LogP contribution < -0.4 is 0 Å². The molecule has 0 saturated carbocycles. The Morgan fingerprint density at radius 3 is 2.35 bits per heavy atom. The van der Waals surface area contributed by atoms with Gasteiger partial charge in [-0.25, -0.2) is 0 Å². The van der Waals surface area contributed by atoms with Crippen molar-refractivity contribution in [3.63, 3.8) is 0 Å². The van der Waals surface area contributed by atoms with Gasteiger partial charge in [0.1, 0.15) is 0 Å². The molecule has 0 unspecified atom stereocenters. The number of carbonyl (C=O) groups excluding carboxylic acids is 1. The number of rotatable bonds is 4. The quantitative estimate of drug-likeness (QED) is 0.803. The van der Waals surface area contributed by atoms with E-state index in [0.29, 0.717) is 6.54 Å². The summed E-state index contributed by atoms with van der Waals surface area (Å²) >= 11 is 6.03. The summed E-state index contributed by atoms with van der Waals surface area (Å²) in [6, 6.07) is 15.5. The number of nitrogens with zero attached hydrogens (tertiary/aromatic N) is 2. The highest BCUT2D eigenvalue weighted by Gasteiger charge is 2.17. The number of ketones is 1. The predicted octanol–water partition coefficient (Wildman–Crippen LogP) is 3.44. The average molecular weight is 329 g/mol. The fourth-order valence-corrected chi connectivity index (χ4v) is 3.01. The van der Waals surface area contributed by atoms with E-state index in [4.69, 9.17) is 11.6 Å². The molecule has 0 aromatic heterocycles. The van der Waals surface area contributed by atoms with E-state index in [1.54, 1.807) is 0 Å². The highest BCUT2D eigenvalue weighted by molar-refractivity contribution is 6.30. The van der Waals surface area contributed by atoms with E-state index in [0.717, 1.165) is 47.9 Å². The maximum Gasteiger partial charge on any atom is 0.176 e. The van der Waals surface area contributed by atoms with Crippen molar-refractivity contribution in [2.24, 2.45) is 0 Å². The fourth-order valence-electron chi connectivity index (χ4n) is 2.82. The lowest BCUT2D eigenvalue weighted by Gasteiger charge is -2.31. The van der Waals surface area contributed by atoms with Gasteiger partial charge in [0.05, 0.1) is 6.54 Å². The molecule has 2 aromatic rings. The zero-order valence-corrected chi connectivity index (χ0v) is 14.1. The van der Waals surface area contributed by atoms with E-state index in [9.17, 15) is 4.79 Å². The third-order valence-electron chi connectivity index (χ3n) is 4.33. The molecule has 0 bridgehead atoms. The van der Waals surface area contributed by atoms with Gasteiger partial charge in [-0.05, 0) is 30.3 Å². The topological polar surface area (TPSA) is 23.6 Å². The maximum absolute atomic E-state index is 12.4. The van der Waals surface area contributed by atoms with Crippen LogP contribution in [-0.2, 0) is 0 Å². The first kappa shape index (κ1) is 16.2. The normalized spacial score (nSPS) is 16.4. The Labute approximate surface area is 142 Å². The second-order valence-corrected chi connectivity index (χ2v) is 6.53. The number of hydrogen-bond acceptors (Lipinski definition) is 3. The molecule has 0 radical (unpaired) electrons. The van der Waals surface area contributed by atoms with E-state index >= 15 is 0 Å². The molecular formula is C19H21ClN2O. The van der Waals surface area contributed by atoms with E-state index in [1.807, 2.05) is 48.5 Å². The van der Waals surface area contributed by atoms with Crippen LogP contribution in [0, 0.1) is 0 Å². The minimum Gasteiger partial charge on any atom is -0.304 e. The lowest BCUT2D eigenvalue weighted by molar-refractivity contribution is 0.0876. The molecule has 3 nitrogen and oxygen atoms in total. The van der Waals surface area contributed by atoms with Crippen LogP contribution in [-0.4, -0.2) is 55.4 Å². The van der Waals surface area contributed by atoms with Crippen LogP contribution in [0.1, 0.15) is 10.4 Å². The Morgan fingerprint density at radius 2 is 1.70 bits per heavy atom. The summed E-state index contributed by atoms with van der Waals surface area (Å²) in [5, 5.41) is 0.720. The molecule has 1 saturated heterocycles. The highest BCUT2D eigenvalue weighted by atomic mass is 35.5. The molecule has 23 heavy (non-hydrogen) atoms. The van der Waals surface area contributed by atoms with Crippen molar-refractivity contribution in [1.82, 2.24) is 9.80 Å². The molecule has 1 aliphatic heterocycles. The summed E-state index contributed by atoms with van der Waals surface area (Å²) in [4.78, 5) is 16.9. The van der Waals surface area contributed by atoms with Gasteiger partial charge in [-0.2, -0.15) is 0 Å². The zero-order chi connectivity index (χ0) is 16.2. The summed E-state index contributed by atoms with van der Waals surface area (Å²) in [6.45, 7) is 4.48. The third kappa shape index (κ3) is 4.20. The summed E-state index contributed by atoms with van der Waals surface area (Å²) in [5.41, 5.74) is 2.91. The number of piperazine rings is 1. The second-order valence-electron chi connectivity index (χ2n) is 6.09. The molecule has 4 heteroatoms. The molecule has 0 spiro atoms. The molecule has 1 fully saturated rings. The van der Waals surface area contributed by atoms with E-state index in [-0.39, 0.29) is 5.78 Å². The van der Waals surface area contributed by atoms with Gasteiger partial charge >= 0.3 is 0 Å². The van der Waals surface area contributed by atoms with Crippen molar-refractivity contribution in [2.75, 3.05) is 39.8 Å². The maximum atomic E-state index is 12.4. The number of likely N-dealkylation sites (N-methyl/N-ethyl adjacent to an activating group) is 1. The first-order valence-electron chi connectivity index (χ1n) is 7.92. The van der Waals surface area contributed by atoms with Gasteiger partial charge in [0.2, 0.25) is 0 Å². The van der Waals surface area contributed by atoms with Gasteiger partial charge in [-0.15, -0.1) is 0 Å². The Morgan fingerprint density at radius 1 is 1.00 bits per heavy atom. The van der Waals surface area contributed by atoms with E-state index in [2.05, 4.69) is 16.8 Å². The Balaban J connectivity index is 1.66. The van der Waals surface area contributed by atoms with Gasteiger partial charge in [-0.3, -0.25) is 9.69 Å². The van der Waals surface area contributed by atoms with Crippen molar-refractivity contribution in [3.8, 4) is 11.1 Å². The van der Waals surface area contributed by atoms with Crippen LogP contribution in [0.3, 0.4) is 0 Å². The molecular weight excluding hydrogens is 308 g/mol. The SMILES string of the molecule is CN1CCN(CC(=O)c2ccc(-c3cccc(Cl)c3)cc2)CC1. The van der Waals surface area contributed by atoms with Gasteiger partial charge in [-0.1, -0.05) is 48.0 Å². The summed E-state index contributed by atoms with van der Waals surface area (Å²) in [7, 11) is 2.12. The van der Waals surface area contributed by atoms with Crippen LogP contribution in [0.25, 0.3) is 11.1 Å². The van der Waals surface area contributed by atoms with Crippen LogP contribution in [0.5, 0.6) is 0 Å². The van der Waals surface area contributed by atoms with Gasteiger partial charge in [0.25, 0.3) is 0 Å². The average Bonchev–Trinajstić information content (AvgIpc) is 2.57. The zero-order valence-electron chi connectivity index (χ0n) is 13.3. The Bertz CT molecular complexity index is 676. The van der Waals surface area contributed by atoms with E-state index < -0.39 is 0 Å². The minimum atomic E-state index is 0.187. The van der Waals surface area contributed by atoms with Crippen molar-refractivity contribution in [1.29, 1.82) is 0 Å². The largest absolute Gasteiger partial charge is 0.304 e. The van der Waals surface area contributed by atoms with E-state index in [1.165, 1.54) is 0 Å². The third-order valence-corrected chi connectivity index (χ3v) is 4.56. The van der Waals surface area contributed by atoms with Gasteiger partial charge in [0, 0.05) is 36.8 Å². The molecule has 0 atom stereocenters. The molecule has 0 aliphatic carbocycles. The van der Waals surface area contributed by atoms with Crippen molar-refractivity contribution < 1.29 is 4.79 Å². The molecule has 3 rings (SSSR count). The van der Waals surface area contributed by atoms with Crippen LogP contribution >= 0.6 is 11.6 Å². The highest BCUT2D eigenvalue weighted by Crippen LogP contribution is 2.23. The van der Waals surface area contributed by atoms with Crippen LogP contribution in [0.2, 0.25) is 5.02 Å². The van der Waals surface area contributed by atoms with Crippen LogP contribution in [0.4, 0.5) is 0 Å². The smallest absolute Gasteiger partial charge is 0.176 e. The number of hydrogen-bond donors (Lipinski definition) is 0. The Kier molecular flexibility index (Phi) is 5.11. The second kappa shape index (κ2) is 7.26. The van der Waals surface area contributed by atoms with Gasteiger partial charge in [0.15, 0.2) is 5.78 Å². The summed E-state index contributed by atoms with van der Waals surface area (Å²) in [6.07, 6.45) is 0. The monoisotopic (exact) mass is 328 g/mol. The van der Waals surface area contributed by atoms with Crippen molar-refractivity contribution in [2.45, 2.75) is 0 Å². The first-order chi connectivity index (χ1) is 11.1. The van der Waals surface area contributed by atoms with Gasteiger partial charge < -0.3 is 4.90 Å². The number of halogens is 1. The molecule has 120 valence electrons. The minimum absolute atomic E-state index is 0.187. The van der Waals surface area contributed by atoms with Crippen LogP contribution in [0.15, 0.2) is 48.5 Å². The standard InChI is InChI=1S/C19H21ClN2O/c1-21-9-11-22(12-10-21)14-19(23)16-7-5-15(6-8-16)17-3-2-4-18(20)13-17/h2-8,13H,9-12,14H2,1H3. The molecule has 0 N–H and O–H groups in total. The molecule has 0 amide bonds. The molecule has 2 aromatic carbocycles. The van der Waals surface area contributed by atoms with Crippen molar-refractivity contribution >= 4 is 17.4 Å². The number of Topliss-reactive ketones (excluding diaryl/α,β-unsaturated/α-hetero) is 1. The molecule has 1 heterocycles. The predicted molar refractivity (Wildman–Crippen MR) is 95.2 cm³/mol. The summed E-state index contributed by atoms with van der Waals surface area (Å²) < 4.78 is 0. The Hall–Kier alpha value is -1.68. The number of carbonyl (C=O) groups is 1. The summed E-state index contributed by atoms with van der Waals surface area (Å²) in [5.74, 6) is 0.187. The first-order valence-corrected chi connectivity index (χ1v) is 8.30. The lowest BCUT2D eigenvalue weighted by Crippen LogP contribution is -2.46. The number of benzene rings is 2. The molecule has 1 aliphatic rings. The van der Waals surface area contributed by atoms with Crippen molar-refractivity contribution in [3.05, 3.63) is 59.1 Å². The lowest BCUT2D eigenvalue weighted by atomic mass is 10.0. The fraction of sp³-hybridized carbons (Fsp3) is 0.316.